The molecular weight excluding hydrogens is 152 g/mol. The molecule has 2 heteroatoms. The fourth-order valence-corrected chi connectivity index (χ4v) is 2.15. The van der Waals surface area contributed by atoms with Crippen LogP contribution in [0, 0.1) is 0 Å². The topological polar surface area (TPSA) is 9.23 Å². The van der Waals surface area contributed by atoms with Gasteiger partial charge in [0.25, 0.3) is 0 Å². The standard InChI is InChI=1S/C9H22OSi/c1-3-5-7-9-11-10-8-6-4-2/h3-9,11H2,1-2H3. The van der Waals surface area contributed by atoms with Crippen molar-refractivity contribution in [1.29, 1.82) is 0 Å². The largest absolute Gasteiger partial charge is 0.424 e. The molecule has 0 radical (unpaired) electrons. The van der Waals surface area contributed by atoms with Gasteiger partial charge in [0.05, 0.1) is 0 Å². The lowest BCUT2D eigenvalue weighted by Crippen LogP contribution is -1.99. The van der Waals surface area contributed by atoms with E-state index in [0.717, 1.165) is 6.61 Å². The van der Waals surface area contributed by atoms with Crippen molar-refractivity contribution >= 4 is 9.76 Å². The summed E-state index contributed by atoms with van der Waals surface area (Å²) in [7, 11) is -0.129. The second-order valence-corrected chi connectivity index (χ2v) is 4.55. The molecule has 0 atom stereocenters. The molecule has 0 amide bonds. The van der Waals surface area contributed by atoms with Gasteiger partial charge in [-0.05, 0) is 12.5 Å². The monoisotopic (exact) mass is 174 g/mol. The predicted molar refractivity (Wildman–Crippen MR) is 53.7 cm³/mol. The van der Waals surface area contributed by atoms with E-state index in [1.54, 1.807) is 0 Å². The van der Waals surface area contributed by atoms with E-state index in [9.17, 15) is 0 Å². The van der Waals surface area contributed by atoms with Crippen LogP contribution >= 0.6 is 0 Å². The quantitative estimate of drug-likeness (QED) is 0.406. The van der Waals surface area contributed by atoms with Gasteiger partial charge in [0, 0.05) is 6.61 Å². The van der Waals surface area contributed by atoms with Crippen LogP contribution in [0.15, 0.2) is 0 Å². The van der Waals surface area contributed by atoms with Gasteiger partial charge in [-0.3, -0.25) is 0 Å². The van der Waals surface area contributed by atoms with Gasteiger partial charge >= 0.3 is 0 Å². The second-order valence-electron chi connectivity index (χ2n) is 3.03. The molecule has 0 spiro atoms. The minimum atomic E-state index is -0.129. The first kappa shape index (κ1) is 11.2. The Kier molecular flexibility index (Phi) is 10.3. The zero-order valence-electron chi connectivity index (χ0n) is 8.07. The van der Waals surface area contributed by atoms with Gasteiger partial charge in [-0.1, -0.05) is 39.5 Å². The lowest BCUT2D eigenvalue weighted by molar-refractivity contribution is 0.325. The van der Waals surface area contributed by atoms with E-state index in [1.165, 1.54) is 38.1 Å². The molecule has 0 N–H and O–H groups in total. The maximum absolute atomic E-state index is 5.56. The van der Waals surface area contributed by atoms with E-state index in [1.807, 2.05) is 0 Å². The highest BCUT2D eigenvalue weighted by atomic mass is 28.2. The molecule has 0 fully saturated rings. The zero-order valence-corrected chi connectivity index (χ0v) is 9.48. The predicted octanol–water partition coefficient (Wildman–Crippen LogP) is 2.50. The Hall–Kier alpha value is 0.177. The zero-order chi connectivity index (χ0) is 8.36. The lowest BCUT2D eigenvalue weighted by atomic mass is 10.3. The highest BCUT2D eigenvalue weighted by molar-refractivity contribution is 6.26. The van der Waals surface area contributed by atoms with Crippen molar-refractivity contribution < 1.29 is 4.43 Å². The molecule has 0 unspecified atom stereocenters. The third-order valence-corrected chi connectivity index (χ3v) is 3.15. The van der Waals surface area contributed by atoms with Gasteiger partial charge in [-0.15, -0.1) is 0 Å². The first-order valence-electron chi connectivity index (χ1n) is 4.99. The maximum atomic E-state index is 5.56. The Morgan fingerprint density at radius 3 is 2.36 bits per heavy atom. The SMILES string of the molecule is CCCCC[SiH2]OCCCC. The minimum absolute atomic E-state index is 0.129. The molecule has 0 aromatic heterocycles. The summed E-state index contributed by atoms with van der Waals surface area (Å²) in [4.78, 5) is 0. The Morgan fingerprint density at radius 2 is 1.73 bits per heavy atom. The molecule has 0 rings (SSSR count). The van der Waals surface area contributed by atoms with Crippen LogP contribution in [0.5, 0.6) is 0 Å². The Balaban J connectivity index is 2.69. The van der Waals surface area contributed by atoms with Crippen molar-refractivity contribution in [2.45, 2.75) is 52.0 Å². The molecule has 0 saturated carbocycles. The maximum Gasteiger partial charge on any atom is 0.161 e. The molecule has 0 saturated heterocycles. The summed E-state index contributed by atoms with van der Waals surface area (Å²) in [6.45, 7) is 5.48. The van der Waals surface area contributed by atoms with Gasteiger partial charge in [0.15, 0.2) is 9.76 Å². The van der Waals surface area contributed by atoms with E-state index >= 15 is 0 Å². The van der Waals surface area contributed by atoms with Crippen LogP contribution in [0.25, 0.3) is 0 Å². The van der Waals surface area contributed by atoms with Crippen LogP contribution in [0.3, 0.4) is 0 Å². The van der Waals surface area contributed by atoms with E-state index in [2.05, 4.69) is 13.8 Å². The summed E-state index contributed by atoms with van der Waals surface area (Å²) in [5, 5.41) is 0. The van der Waals surface area contributed by atoms with E-state index < -0.39 is 0 Å². The summed E-state index contributed by atoms with van der Waals surface area (Å²) in [6.07, 6.45) is 6.65. The highest BCUT2D eigenvalue weighted by Gasteiger charge is 1.89. The lowest BCUT2D eigenvalue weighted by Gasteiger charge is -2.01. The molecular formula is C9H22OSi. The number of unbranched alkanes of at least 4 members (excludes halogenated alkanes) is 3. The van der Waals surface area contributed by atoms with Crippen molar-refractivity contribution in [3.05, 3.63) is 0 Å². The van der Waals surface area contributed by atoms with Crippen LogP contribution in [0.4, 0.5) is 0 Å². The molecule has 0 heterocycles. The van der Waals surface area contributed by atoms with Crippen LogP contribution in [-0.2, 0) is 4.43 Å². The third kappa shape index (κ3) is 10.2. The fourth-order valence-electron chi connectivity index (χ4n) is 0.979. The second kappa shape index (κ2) is 10.2. The summed E-state index contributed by atoms with van der Waals surface area (Å²) < 4.78 is 5.56. The Bertz CT molecular complexity index is 58.6. The van der Waals surface area contributed by atoms with Crippen molar-refractivity contribution in [3.63, 3.8) is 0 Å². The first-order valence-corrected chi connectivity index (χ1v) is 6.57. The summed E-state index contributed by atoms with van der Waals surface area (Å²) in [5.74, 6) is 0. The number of hydrogen-bond acceptors (Lipinski definition) is 1. The minimum Gasteiger partial charge on any atom is -0.424 e. The molecule has 11 heavy (non-hydrogen) atoms. The van der Waals surface area contributed by atoms with Gasteiger partial charge < -0.3 is 4.43 Å². The molecule has 0 aliphatic heterocycles. The molecule has 0 bridgehead atoms. The average molecular weight is 174 g/mol. The smallest absolute Gasteiger partial charge is 0.161 e. The Morgan fingerprint density at radius 1 is 1.00 bits per heavy atom. The molecule has 1 nitrogen and oxygen atoms in total. The van der Waals surface area contributed by atoms with Crippen LogP contribution in [0.1, 0.15) is 46.0 Å². The Labute approximate surface area is 73.5 Å². The third-order valence-electron chi connectivity index (χ3n) is 1.78. The van der Waals surface area contributed by atoms with E-state index in [-0.39, 0.29) is 9.76 Å². The summed E-state index contributed by atoms with van der Waals surface area (Å²) in [5.41, 5.74) is 0. The molecule has 68 valence electrons. The number of hydrogen-bond donors (Lipinski definition) is 0. The van der Waals surface area contributed by atoms with Gasteiger partial charge in [0.1, 0.15) is 0 Å². The van der Waals surface area contributed by atoms with E-state index in [4.69, 9.17) is 4.43 Å². The molecule has 0 aromatic rings. The fraction of sp³-hybridized carbons (Fsp3) is 1.00. The van der Waals surface area contributed by atoms with Gasteiger partial charge in [-0.25, -0.2) is 0 Å². The van der Waals surface area contributed by atoms with Crippen molar-refractivity contribution in [3.8, 4) is 0 Å². The summed E-state index contributed by atoms with van der Waals surface area (Å²) >= 11 is 0. The van der Waals surface area contributed by atoms with Crippen molar-refractivity contribution in [2.24, 2.45) is 0 Å². The van der Waals surface area contributed by atoms with Crippen LogP contribution in [-0.4, -0.2) is 16.4 Å². The molecule has 0 aliphatic carbocycles. The number of rotatable bonds is 8. The van der Waals surface area contributed by atoms with Gasteiger partial charge in [-0.2, -0.15) is 0 Å². The highest BCUT2D eigenvalue weighted by Crippen LogP contribution is 1.99. The first-order chi connectivity index (χ1) is 5.41. The molecule has 0 aliphatic rings. The van der Waals surface area contributed by atoms with Crippen molar-refractivity contribution in [1.82, 2.24) is 0 Å². The van der Waals surface area contributed by atoms with Gasteiger partial charge in [0.2, 0.25) is 0 Å². The van der Waals surface area contributed by atoms with Crippen LogP contribution < -0.4 is 0 Å². The van der Waals surface area contributed by atoms with Crippen molar-refractivity contribution in [2.75, 3.05) is 6.61 Å². The van der Waals surface area contributed by atoms with E-state index in [0.29, 0.717) is 0 Å². The molecule has 0 aromatic carbocycles. The summed E-state index contributed by atoms with van der Waals surface area (Å²) in [6, 6.07) is 1.39. The average Bonchev–Trinajstić information content (AvgIpc) is 2.03. The van der Waals surface area contributed by atoms with Crippen LogP contribution in [0.2, 0.25) is 6.04 Å². The normalized spacial score (nSPS) is 11.5.